The van der Waals surface area contributed by atoms with Crippen LogP contribution in [-0.4, -0.2) is 18.4 Å². The van der Waals surface area contributed by atoms with Gasteiger partial charge in [0.05, 0.1) is 12.2 Å². The number of nitrogens with two attached hydrogens (primary N) is 1. The molecule has 0 saturated heterocycles. The molecule has 5 nitrogen and oxygen atoms in total. The molecule has 1 aromatic carbocycles. The van der Waals surface area contributed by atoms with Crippen molar-refractivity contribution in [2.24, 2.45) is 5.73 Å². The highest BCUT2D eigenvalue weighted by Crippen LogP contribution is 2.27. The van der Waals surface area contributed by atoms with Crippen LogP contribution in [0, 0.1) is 6.92 Å². The standard InChI is InChI=1S/C18H20N2O3S/c1-3-10-23-15-7-5-4-6-13(15)8-9-16(21)20-18-14(17(19)22)11-12(2)24-18/h4-9,11H,3,10H2,1-2H3,(H2,19,22)(H,20,21)/b9-8+. The van der Waals surface area contributed by atoms with Gasteiger partial charge in [-0.15, -0.1) is 11.3 Å². The van der Waals surface area contributed by atoms with Crippen LogP contribution < -0.4 is 15.8 Å². The van der Waals surface area contributed by atoms with Gasteiger partial charge in [0.15, 0.2) is 0 Å². The number of ether oxygens (including phenoxy) is 1. The molecule has 0 radical (unpaired) electrons. The van der Waals surface area contributed by atoms with Crippen molar-refractivity contribution in [3.63, 3.8) is 0 Å². The number of amides is 2. The molecule has 3 N–H and O–H groups in total. The van der Waals surface area contributed by atoms with E-state index in [0.29, 0.717) is 17.2 Å². The lowest BCUT2D eigenvalue weighted by molar-refractivity contribution is -0.111. The molecule has 2 rings (SSSR count). The molecule has 24 heavy (non-hydrogen) atoms. The van der Waals surface area contributed by atoms with Gasteiger partial charge in [0, 0.05) is 16.5 Å². The third-order valence-electron chi connectivity index (χ3n) is 3.15. The minimum atomic E-state index is -0.558. The summed E-state index contributed by atoms with van der Waals surface area (Å²) in [5.74, 6) is -0.158. The molecule has 2 amide bonds. The predicted octanol–water partition coefficient (Wildman–Crippen LogP) is 3.60. The summed E-state index contributed by atoms with van der Waals surface area (Å²) >= 11 is 1.32. The first-order valence-electron chi connectivity index (χ1n) is 7.62. The second-order valence-electron chi connectivity index (χ2n) is 5.17. The van der Waals surface area contributed by atoms with E-state index in [1.165, 1.54) is 17.4 Å². The van der Waals surface area contributed by atoms with Gasteiger partial charge in [-0.1, -0.05) is 25.1 Å². The van der Waals surface area contributed by atoms with E-state index in [2.05, 4.69) is 5.32 Å². The molecule has 0 fully saturated rings. The molecule has 2 aromatic rings. The fraction of sp³-hybridized carbons (Fsp3) is 0.222. The van der Waals surface area contributed by atoms with Crippen LogP contribution in [0.3, 0.4) is 0 Å². The molecule has 0 bridgehead atoms. The lowest BCUT2D eigenvalue weighted by Crippen LogP contribution is -2.14. The van der Waals surface area contributed by atoms with Crippen LogP contribution in [0.4, 0.5) is 5.00 Å². The van der Waals surface area contributed by atoms with Crippen molar-refractivity contribution in [3.8, 4) is 5.75 Å². The van der Waals surface area contributed by atoms with Gasteiger partial charge < -0.3 is 15.8 Å². The Balaban J connectivity index is 2.10. The zero-order valence-corrected chi connectivity index (χ0v) is 14.5. The van der Waals surface area contributed by atoms with Crippen LogP contribution in [0.2, 0.25) is 0 Å². The summed E-state index contributed by atoms with van der Waals surface area (Å²) < 4.78 is 5.65. The van der Waals surface area contributed by atoms with Crippen molar-refractivity contribution >= 4 is 34.2 Å². The smallest absolute Gasteiger partial charge is 0.251 e. The first kappa shape index (κ1) is 17.7. The van der Waals surface area contributed by atoms with Crippen LogP contribution >= 0.6 is 11.3 Å². The van der Waals surface area contributed by atoms with Gasteiger partial charge in [-0.25, -0.2) is 0 Å². The van der Waals surface area contributed by atoms with Gasteiger partial charge >= 0.3 is 0 Å². The van der Waals surface area contributed by atoms with Gasteiger partial charge in [-0.3, -0.25) is 9.59 Å². The molecule has 0 aliphatic heterocycles. The highest BCUT2D eigenvalue weighted by Gasteiger charge is 2.13. The minimum absolute atomic E-state index is 0.325. The Morgan fingerprint density at radius 3 is 2.79 bits per heavy atom. The molecule has 1 heterocycles. The Morgan fingerprint density at radius 2 is 2.08 bits per heavy atom. The molecule has 0 aliphatic carbocycles. The minimum Gasteiger partial charge on any atom is -0.493 e. The maximum absolute atomic E-state index is 12.1. The molecular weight excluding hydrogens is 324 g/mol. The average molecular weight is 344 g/mol. The number of para-hydroxylation sites is 1. The molecule has 1 aromatic heterocycles. The number of carbonyl (C=O) groups excluding carboxylic acids is 2. The van der Waals surface area contributed by atoms with Crippen molar-refractivity contribution in [2.75, 3.05) is 11.9 Å². The molecular formula is C18H20N2O3S. The number of anilines is 1. The van der Waals surface area contributed by atoms with Gasteiger partial charge in [-0.05, 0) is 31.6 Å². The lowest BCUT2D eigenvalue weighted by Gasteiger charge is -2.07. The second-order valence-corrected chi connectivity index (χ2v) is 6.43. The number of carbonyl (C=O) groups is 2. The zero-order chi connectivity index (χ0) is 17.5. The lowest BCUT2D eigenvalue weighted by atomic mass is 10.2. The normalized spacial score (nSPS) is 10.8. The number of primary amides is 1. The maximum Gasteiger partial charge on any atom is 0.251 e. The summed E-state index contributed by atoms with van der Waals surface area (Å²) in [6.45, 7) is 4.50. The summed E-state index contributed by atoms with van der Waals surface area (Å²) in [5.41, 5.74) is 6.46. The first-order chi connectivity index (χ1) is 11.5. The Kier molecular flexibility index (Phi) is 6.14. The fourth-order valence-electron chi connectivity index (χ4n) is 2.07. The number of rotatable bonds is 7. The predicted molar refractivity (Wildman–Crippen MR) is 97.5 cm³/mol. The highest BCUT2D eigenvalue weighted by molar-refractivity contribution is 7.16. The SMILES string of the molecule is CCCOc1ccccc1/C=C/C(=O)Nc1sc(C)cc1C(N)=O. The van der Waals surface area contributed by atoms with E-state index in [1.807, 2.05) is 38.1 Å². The summed E-state index contributed by atoms with van der Waals surface area (Å²) in [5, 5.41) is 3.16. The number of aryl methyl sites for hydroxylation is 1. The number of thiophene rings is 1. The van der Waals surface area contributed by atoms with Crippen molar-refractivity contribution in [3.05, 3.63) is 52.4 Å². The summed E-state index contributed by atoms with van der Waals surface area (Å²) in [7, 11) is 0. The van der Waals surface area contributed by atoms with E-state index in [0.717, 1.165) is 22.6 Å². The molecule has 0 spiro atoms. The van der Waals surface area contributed by atoms with Gasteiger partial charge in [0.1, 0.15) is 10.8 Å². The first-order valence-corrected chi connectivity index (χ1v) is 8.44. The molecule has 0 unspecified atom stereocenters. The molecule has 0 aliphatic rings. The number of benzene rings is 1. The van der Waals surface area contributed by atoms with E-state index in [1.54, 1.807) is 12.1 Å². The summed E-state index contributed by atoms with van der Waals surface area (Å²) in [4.78, 5) is 24.4. The van der Waals surface area contributed by atoms with E-state index in [-0.39, 0.29) is 5.91 Å². The largest absolute Gasteiger partial charge is 0.493 e. The van der Waals surface area contributed by atoms with Gasteiger partial charge in [0.2, 0.25) is 5.91 Å². The Hall–Kier alpha value is -2.60. The van der Waals surface area contributed by atoms with Crippen LogP contribution in [0.25, 0.3) is 6.08 Å². The van der Waals surface area contributed by atoms with Gasteiger partial charge in [-0.2, -0.15) is 0 Å². The maximum atomic E-state index is 12.1. The van der Waals surface area contributed by atoms with Crippen LogP contribution in [0.1, 0.15) is 34.1 Å². The fourth-order valence-corrected chi connectivity index (χ4v) is 2.99. The number of nitrogens with one attached hydrogen (secondary N) is 1. The van der Waals surface area contributed by atoms with E-state index in [9.17, 15) is 9.59 Å². The zero-order valence-electron chi connectivity index (χ0n) is 13.7. The highest BCUT2D eigenvalue weighted by atomic mass is 32.1. The average Bonchev–Trinajstić information content (AvgIpc) is 2.92. The van der Waals surface area contributed by atoms with Crippen molar-refractivity contribution < 1.29 is 14.3 Å². The number of hydrogen-bond acceptors (Lipinski definition) is 4. The molecule has 0 saturated carbocycles. The van der Waals surface area contributed by atoms with Crippen LogP contribution in [0.5, 0.6) is 5.75 Å². The van der Waals surface area contributed by atoms with Crippen molar-refractivity contribution in [1.29, 1.82) is 0 Å². The van der Waals surface area contributed by atoms with Crippen molar-refractivity contribution in [2.45, 2.75) is 20.3 Å². The Morgan fingerprint density at radius 1 is 1.33 bits per heavy atom. The van der Waals surface area contributed by atoms with Gasteiger partial charge in [0.25, 0.3) is 5.91 Å². The van der Waals surface area contributed by atoms with Crippen LogP contribution in [-0.2, 0) is 4.79 Å². The van der Waals surface area contributed by atoms with E-state index in [4.69, 9.17) is 10.5 Å². The monoisotopic (exact) mass is 344 g/mol. The van der Waals surface area contributed by atoms with E-state index >= 15 is 0 Å². The Bertz CT molecular complexity index is 765. The summed E-state index contributed by atoms with van der Waals surface area (Å²) in [6.07, 6.45) is 4.00. The topological polar surface area (TPSA) is 81.4 Å². The Labute approximate surface area is 145 Å². The molecule has 126 valence electrons. The van der Waals surface area contributed by atoms with E-state index < -0.39 is 5.91 Å². The number of hydrogen-bond donors (Lipinski definition) is 2. The second kappa shape index (κ2) is 8.31. The third kappa shape index (κ3) is 4.70. The molecule has 6 heteroatoms. The molecule has 0 atom stereocenters. The van der Waals surface area contributed by atoms with Crippen molar-refractivity contribution in [1.82, 2.24) is 0 Å². The summed E-state index contributed by atoms with van der Waals surface area (Å²) in [6, 6.07) is 9.17. The third-order valence-corrected chi connectivity index (χ3v) is 4.12. The quantitative estimate of drug-likeness (QED) is 0.753. The van der Waals surface area contributed by atoms with Crippen LogP contribution in [0.15, 0.2) is 36.4 Å².